The zero-order chi connectivity index (χ0) is 14.4. The van der Waals surface area contributed by atoms with Crippen molar-refractivity contribution in [3.63, 3.8) is 0 Å². The minimum absolute atomic E-state index is 0.0879. The predicted octanol–water partition coefficient (Wildman–Crippen LogP) is -1.65. The van der Waals surface area contributed by atoms with E-state index in [-0.39, 0.29) is 23.1 Å². The summed E-state index contributed by atoms with van der Waals surface area (Å²) in [6.07, 6.45) is -1.29. The molecule has 0 spiro atoms. The molecule has 2 aromatic heterocycles. The van der Waals surface area contributed by atoms with Crippen LogP contribution in [0.2, 0.25) is 5.28 Å². The Balaban J connectivity index is 2.09. The van der Waals surface area contributed by atoms with Gasteiger partial charge in [0.15, 0.2) is 17.4 Å². The summed E-state index contributed by atoms with van der Waals surface area (Å²) in [6, 6.07) is -0.788. The van der Waals surface area contributed by atoms with E-state index in [0.29, 0.717) is 0 Å². The maximum atomic E-state index is 11.7. The molecule has 4 atom stereocenters. The largest absolute Gasteiger partial charge is 0.394 e. The second kappa shape index (κ2) is 4.79. The quantitative estimate of drug-likeness (QED) is 0.487. The van der Waals surface area contributed by atoms with Crippen molar-refractivity contribution in [2.24, 2.45) is 5.73 Å². The van der Waals surface area contributed by atoms with Gasteiger partial charge in [-0.25, -0.2) is 4.98 Å². The summed E-state index contributed by atoms with van der Waals surface area (Å²) in [7, 11) is 0. The summed E-state index contributed by atoms with van der Waals surface area (Å²) in [6.45, 7) is -0.368. The number of rotatable bonds is 2. The van der Waals surface area contributed by atoms with Gasteiger partial charge in [0.25, 0.3) is 5.56 Å². The van der Waals surface area contributed by atoms with E-state index in [0.717, 1.165) is 0 Å². The van der Waals surface area contributed by atoms with Crippen molar-refractivity contribution in [3.8, 4) is 0 Å². The molecular weight excluding hydrogens is 290 g/mol. The summed E-state index contributed by atoms with van der Waals surface area (Å²) in [4.78, 5) is 21.9. The minimum Gasteiger partial charge on any atom is -0.394 e. The van der Waals surface area contributed by atoms with Crippen LogP contribution in [0.25, 0.3) is 11.2 Å². The second-order valence-electron chi connectivity index (χ2n) is 4.50. The number of ether oxygens (including phenoxy) is 1. The number of aromatic nitrogens is 4. The zero-order valence-electron chi connectivity index (χ0n) is 10.1. The Morgan fingerprint density at radius 1 is 1.60 bits per heavy atom. The highest BCUT2D eigenvalue weighted by molar-refractivity contribution is 6.28. The van der Waals surface area contributed by atoms with Crippen molar-refractivity contribution in [3.05, 3.63) is 22.0 Å². The van der Waals surface area contributed by atoms with Crippen LogP contribution in [0.3, 0.4) is 0 Å². The lowest BCUT2D eigenvalue weighted by Gasteiger charge is -2.17. The fourth-order valence-electron chi connectivity index (χ4n) is 2.25. The summed E-state index contributed by atoms with van der Waals surface area (Å²) >= 11 is 5.71. The summed E-state index contributed by atoms with van der Waals surface area (Å²) in [5.41, 5.74) is 5.67. The lowest BCUT2D eigenvalue weighted by molar-refractivity contribution is -0.0437. The van der Waals surface area contributed by atoms with Gasteiger partial charge in [-0.05, 0) is 11.6 Å². The summed E-state index contributed by atoms with van der Waals surface area (Å²) in [5, 5.41) is 18.9. The van der Waals surface area contributed by atoms with Crippen LogP contribution in [-0.4, -0.2) is 54.6 Å². The number of aliphatic hydroxyl groups excluding tert-OH is 2. The Morgan fingerprint density at radius 2 is 2.35 bits per heavy atom. The number of nitrogens with zero attached hydrogens (tertiary/aromatic N) is 3. The first-order valence-electron chi connectivity index (χ1n) is 5.85. The van der Waals surface area contributed by atoms with E-state index >= 15 is 0 Å². The average molecular weight is 302 g/mol. The third-order valence-corrected chi connectivity index (χ3v) is 3.46. The van der Waals surface area contributed by atoms with Crippen LogP contribution in [-0.2, 0) is 4.74 Å². The Labute approximate surface area is 117 Å². The molecule has 1 saturated heterocycles. The molecule has 1 aliphatic heterocycles. The molecule has 5 N–H and O–H groups in total. The van der Waals surface area contributed by atoms with Gasteiger partial charge in [-0.15, -0.1) is 0 Å². The van der Waals surface area contributed by atoms with E-state index in [1.54, 1.807) is 0 Å². The fraction of sp³-hybridized carbons (Fsp3) is 0.500. The molecule has 0 aromatic carbocycles. The summed E-state index contributed by atoms with van der Waals surface area (Å²) < 4.78 is 6.89. The van der Waals surface area contributed by atoms with Gasteiger partial charge in [-0.3, -0.25) is 14.3 Å². The maximum Gasteiger partial charge on any atom is 0.280 e. The number of nitrogens with two attached hydrogens (primary N) is 1. The molecule has 0 amide bonds. The van der Waals surface area contributed by atoms with Gasteiger partial charge in [0.05, 0.1) is 19.0 Å². The van der Waals surface area contributed by atoms with Crippen molar-refractivity contribution in [1.82, 2.24) is 19.5 Å². The van der Waals surface area contributed by atoms with Crippen molar-refractivity contribution < 1.29 is 14.9 Å². The van der Waals surface area contributed by atoms with Crippen LogP contribution in [0.4, 0.5) is 0 Å². The second-order valence-corrected chi connectivity index (χ2v) is 4.85. The van der Waals surface area contributed by atoms with Gasteiger partial charge >= 0.3 is 0 Å². The lowest BCUT2D eigenvalue weighted by atomic mass is 10.1. The van der Waals surface area contributed by atoms with Crippen molar-refractivity contribution in [1.29, 1.82) is 0 Å². The average Bonchev–Trinajstić information content (AvgIpc) is 2.93. The first-order chi connectivity index (χ1) is 9.52. The topological polar surface area (TPSA) is 139 Å². The smallest absolute Gasteiger partial charge is 0.280 e. The Kier molecular flexibility index (Phi) is 3.22. The van der Waals surface area contributed by atoms with Crippen LogP contribution in [0, 0.1) is 0 Å². The fourth-order valence-corrected chi connectivity index (χ4v) is 2.42. The number of hydrogen-bond donors (Lipinski definition) is 4. The van der Waals surface area contributed by atoms with Crippen molar-refractivity contribution in [2.75, 3.05) is 6.61 Å². The van der Waals surface area contributed by atoms with Gasteiger partial charge in [0, 0.05) is 0 Å². The number of aromatic amines is 1. The van der Waals surface area contributed by atoms with Crippen LogP contribution in [0.15, 0.2) is 11.1 Å². The number of hydrogen-bond acceptors (Lipinski definition) is 7. The molecule has 2 aromatic rings. The molecule has 0 saturated carbocycles. The van der Waals surface area contributed by atoms with E-state index in [4.69, 9.17) is 27.2 Å². The summed E-state index contributed by atoms with van der Waals surface area (Å²) in [5.74, 6) is 0. The molecule has 108 valence electrons. The first kappa shape index (κ1) is 13.5. The van der Waals surface area contributed by atoms with E-state index in [1.807, 2.05) is 0 Å². The molecule has 3 heterocycles. The third kappa shape index (κ3) is 1.91. The molecule has 20 heavy (non-hydrogen) atoms. The lowest BCUT2D eigenvalue weighted by Crippen LogP contribution is -2.39. The first-order valence-corrected chi connectivity index (χ1v) is 6.23. The molecular formula is C10H12ClN5O4. The van der Waals surface area contributed by atoms with Crippen LogP contribution < -0.4 is 11.3 Å². The molecule has 1 aliphatic rings. The number of aliphatic hydroxyl groups is 2. The molecule has 3 rings (SSSR count). The van der Waals surface area contributed by atoms with Gasteiger partial charge in [0.2, 0.25) is 5.28 Å². The van der Waals surface area contributed by atoms with Crippen LogP contribution >= 0.6 is 11.6 Å². The predicted molar refractivity (Wildman–Crippen MR) is 68.1 cm³/mol. The number of fused-ring (bicyclic) bond motifs is 1. The van der Waals surface area contributed by atoms with Crippen molar-refractivity contribution in [2.45, 2.75) is 24.5 Å². The van der Waals surface area contributed by atoms with E-state index in [2.05, 4.69) is 15.0 Å². The van der Waals surface area contributed by atoms with Crippen LogP contribution in [0.5, 0.6) is 0 Å². The highest BCUT2D eigenvalue weighted by Gasteiger charge is 2.42. The van der Waals surface area contributed by atoms with Gasteiger partial charge < -0.3 is 20.7 Å². The number of imidazole rings is 1. The molecule has 10 heteroatoms. The Bertz CT molecular complexity index is 701. The molecule has 0 aliphatic carbocycles. The van der Waals surface area contributed by atoms with Crippen molar-refractivity contribution >= 4 is 22.8 Å². The standard InChI is InChI=1S/C10H12ClN5O4/c11-10-14-7-5(8(19)15-10)13-2-16(7)9-4(12)6(18)3(1-17)20-9/h2-4,6,9,17-18H,1,12H2,(H,14,15,19). The van der Waals surface area contributed by atoms with E-state index < -0.39 is 30.0 Å². The van der Waals surface area contributed by atoms with Gasteiger partial charge in [-0.2, -0.15) is 4.98 Å². The van der Waals surface area contributed by atoms with E-state index in [9.17, 15) is 9.90 Å². The minimum atomic E-state index is -1.03. The molecule has 4 unspecified atom stereocenters. The third-order valence-electron chi connectivity index (χ3n) is 3.28. The zero-order valence-corrected chi connectivity index (χ0v) is 10.9. The Hall–Kier alpha value is -1.52. The normalized spacial score (nSPS) is 30.2. The van der Waals surface area contributed by atoms with E-state index in [1.165, 1.54) is 10.9 Å². The monoisotopic (exact) mass is 301 g/mol. The molecule has 9 nitrogen and oxygen atoms in total. The Morgan fingerprint density at radius 3 is 3.00 bits per heavy atom. The molecule has 0 bridgehead atoms. The SMILES string of the molecule is NC1C(O)C(CO)OC1n1cnc2c(=O)[nH]c(Cl)nc21. The van der Waals surface area contributed by atoms with Crippen LogP contribution in [0.1, 0.15) is 6.23 Å². The highest BCUT2D eigenvalue weighted by atomic mass is 35.5. The number of H-pyrrole nitrogens is 1. The number of halogens is 1. The molecule has 0 radical (unpaired) electrons. The maximum absolute atomic E-state index is 11.7. The van der Waals surface area contributed by atoms with Gasteiger partial charge in [-0.1, -0.05) is 0 Å². The number of nitrogens with one attached hydrogen (secondary N) is 1. The molecule has 1 fully saturated rings. The highest BCUT2D eigenvalue weighted by Crippen LogP contribution is 2.29. The van der Waals surface area contributed by atoms with Gasteiger partial charge in [0.1, 0.15) is 12.2 Å².